The number of amides is 1. The molecule has 1 heterocycles. The Labute approximate surface area is 121 Å². The summed E-state index contributed by atoms with van der Waals surface area (Å²) in [6.45, 7) is 2.54. The van der Waals surface area contributed by atoms with Gasteiger partial charge in [-0.2, -0.15) is 0 Å². The van der Waals surface area contributed by atoms with Gasteiger partial charge < -0.3 is 5.32 Å². The van der Waals surface area contributed by atoms with Crippen LogP contribution in [0, 0.1) is 0 Å². The highest BCUT2D eigenvalue weighted by Crippen LogP contribution is 2.22. The van der Waals surface area contributed by atoms with Gasteiger partial charge in [-0.15, -0.1) is 0 Å². The van der Waals surface area contributed by atoms with E-state index < -0.39 is 0 Å². The highest BCUT2D eigenvalue weighted by molar-refractivity contribution is 7.99. The number of thioether (sulfide) groups is 1. The van der Waals surface area contributed by atoms with Gasteiger partial charge >= 0.3 is 0 Å². The van der Waals surface area contributed by atoms with E-state index in [-0.39, 0.29) is 5.91 Å². The van der Waals surface area contributed by atoms with E-state index in [0.29, 0.717) is 17.3 Å². The standard InChI is InChI=1S/C13H14ClN3OS/c1-2-15-12(18)9-19-13-16-6-7-17(13)11-5-3-4-10(14)8-11/h3-8H,2,9H2,1H3,(H,15,18). The predicted octanol–water partition coefficient (Wildman–Crippen LogP) is 2.75. The molecule has 4 nitrogen and oxygen atoms in total. The molecule has 6 heteroatoms. The van der Waals surface area contributed by atoms with E-state index >= 15 is 0 Å². The van der Waals surface area contributed by atoms with Crippen molar-refractivity contribution in [2.45, 2.75) is 12.1 Å². The van der Waals surface area contributed by atoms with Crippen LogP contribution in [0.15, 0.2) is 41.8 Å². The van der Waals surface area contributed by atoms with E-state index in [1.807, 2.05) is 42.0 Å². The summed E-state index contributed by atoms with van der Waals surface area (Å²) in [6.07, 6.45) is 3.56. The van der Waals surface area contributed by atoms with E-state index in [1.165, 1.54) is 11.8 Å². The topological polar surface area (TPSA) is 46.9 Å². The second kappa shape index (κ2) is 6.63. The van der Waals surface area contributed by atoms with Gasteiger partial charge in [0.15, 0.2) is 5.16 Å². The van der Waals surface area contributed by atoms with Gasteiger partial charge in [0.05, 0.1) is 5.75 Å². The first-order valence-corrected chi connectivity index (χ1v) is 7.26. The molecule has 0 radical (unpaired) electrons. The second-order valence-electron chi connectivity index (χ2n) is 3.80. The molecular weight excluding hydrogens is 282 g/mol. The summed E-state index contributed by atoms with van der Waals surface area (Å²) in [6, 6.07) is 7.52. The molecule has 0 saturated carbocycles. The number of halogens is 1. The van der Waals surface area contributed by atoms with Crippen molar-refractivity contribution in [3.05, 3.63) is 41.7 Å². The summed E-state index contributed by atoms with van der Waals surface area (Å²) in [5.41, 5.74) is 0.934. The van der Waals surface area contributed by atoms with Gasteiger partial charge in [-0.3, -0.25) is 9.36 Å². The van der Waals surface area contributed by atoms with Gasteiger partial charge in [0.25, 0.3) is 0 Å². The van der Waals surface area contributed by atoms with E-state index in [0.717, 1.165) is 10.8 Å². The maximum absolute atomic E-state index is 11.5. The highest BCUT2D eigenvalue weighted by atomic mass is 35.5. The van der Waals surface area contributed by atoms with Crippen LogP contribution in [0.2, 0.25) is 5.02 Å². The van der Waals surface area contributed by atoms with Gasteiger partial charge in [-0.05, 0) is 25.1 Å². The van der Waals surface area contributed by atoms with E-state index in [4.69, 9.17) is 11.6 Å². The number of aromatic nitrogens is 2. The number of rotatable bonds is 5. The van der Waals surface area contributed by atoms with Crippen molar-refractivity contribution in [2.24, 2.45) is 0 Å². The number of carbonyl (C=O) groups is 1. The van der Waals surface area contributed by atoms with Crippen LogP contribution < -0.4 is 5.32 Å². The Morgan fingerprint density at radius 1 is 1.53 bits per heavy atom. The van der Waals surface area contributed by atoms with Crippen LogP contribution in [0.5, 0.6) is 0 Å². The van der Waals surface area contributed by atoms with Crippen LogP contribution in [0.1, 0.15) is 6.92 Å². The number of benzene rings is 1. The first-order valence-electron chi connectivity index (χ1n) is 5.89. The van der Waals surface area contributed by atoms with Crippen LogP contribution in [0.3, 0.4) is 0 Å². The summed E-state index contributed by atoms with van der Waals surface area (Å²) in [4.78, 5) is 15.7. The van der Waals surface area contributed by atoms with Gasteiger partial charge in [0.1, 0.15) is 0 Å². The summed E-state index contributed by atoms with van der Waals surface area (Å²) in [5.74, 6) is 0.360. The third-order valence-corrected chi connectivity index (χ3v) is 3.60. The number of nitrogens with zero attached hydrogens (tertiary/aromatic N) is 2. The lowest BCUT2D eigenvalue weighted by atomic mass is 10.3. The third-order valence-electron chi connectivity index (χ3n) is 2.40. The third kappa shape index (κ3) is 3.75. The minimum atomic E-state index is 0.00754. The van der Waals surface area contributed by atoms with Crippen molar-refractivity contribution in [3.63, 3.8) is 0 Å². The summed E-state index contributed by atoms with van der Waals surface area (Å²) in [7, 11) is 0. The van der Waals surface area contributed by atoms with Gasteiger partial charge in [0.2, 0.25) is 5.91 Å². The second-order valence-corrected chi connectivity index (χ2v) is 5.18. The molecule has 1 aromatic carbocycles. The van der Waals surface area contributed by atoms with Crippen LogP contribution in [0.4, 0.5) is 0 Å². The average Bonchev–Trinajstić information content (AvgIpc) is 2.85. The molecule has 1 N–H and O–H groups in total. The molecule has 2 aromatic rings. The highest BCUT2D eigenvalue weighted by Gasteiger charge is 2.08. The first kappa shape index (κ1) is 14.0. The van der Waals surface area contributed by atoms with Crippen LogP contribution in [-0.2, 0) is 4.79 Å². The Hall–Kier alpha value is -1.46. The summed E-state index contributed by atoms with van der Waals surface area (Å²) < 4.78 is 1.91. The van der Waals surface area contributed by atoms with Gasteiger partial charge in [-0.1, -0.05) is 29.4 Å². The molecule has 0 atom stereocenters. The SMILES string of the molecule is CCNC(=O)CSc1nccn1-c1cccc(Cl)c1. The average molecular weight is 296 g/mol. The molecule has 0 unspecified atom stereocenters. The van der Waals surface area contributed by atoms with Crippen LogP contribution in [-0.4, -0.2) is 27.8 Å². The van der Waals surface area contributed by atoms with Crippen molar-refractivity contribution in [1.82, 2.24) is 14.9 Å². The maximum Gasteiger partial charge on any atom is 0.230 e. The van der Waals surface area contributed by atoms with Crippen molar-refractivity contribution >= 4 is 29.3 Å². The number of nitrogens with one attached hydrogen (secondary N) is 1. The van der Waals surface area contributed by atoms with E-state index in [2.05, 4.69) is 10.3 Å². The molecule has 0 aliphatic rings. The smallest absolute Gasteiger partial charge is 0.230 e. The van der Waals surface area contributed by atoms with Gasteiger partial charge in [0, 0.05) is 29.6 Å². The molecule has 0 spiro atoms. The molecule has 0 saturated heterocycles. The Morgan fingerprint density at radius 2 is 2.37 bits per heavy atom. The molecule has 0 fully saturated rings. The first-order chi connectivity index (χ1) is 9.20. The Bertz CT molecular complexity index is 571. The number of imidazole rings is 1. The molecule has 1 amide bonds. The fourth-order valence-electron chi connectivity index (χ4n) is 1.60. The summed E-state index contributed by atoms with van der Waals surface area (Å²) in [5, 5.41) is 4.20. The largest absolute Gasteiger partial charge is 0.356 e. The van der Waals surface area contributed by atoms with E-state index in [9.17, 15) is 4.79 Å². The van der Waals surface area contributed by atoms with Crippen LogP contribution >= 0.6 is 23.4 Å². The Kier molecular flexibility index (Phi) is 4.87. The normalized spacial score (nSPS) is 10.4. The predicted molar refractivity (Wildman–Crippen MR) is 78.0 cm³/mol. The van der Waals surface area contributed by atoms with Crippen molar-refractivity contribution < 1.29 is 4.79 Å². The Balaban J connectivity index is 2.12. The molecule has 1 aromatic heterocycles. The fourth-order valence-corrected chi connectivity index (χ4v) is 2.58. The molecular formula is C13H14ClN3OS. The quantitative estimate of drug-likeness (QED) is 0.863. The molecule has 0 aliphatic carbocycles. The fraction of sp³-hybridized carbons (Fsp3) is 0.231. The minimum absolute atomic E-state index is 0.00754. The zero-order valence-corrected chi connectivity index (χ0v) is 12.0. The molecule has 0 bridgehead atoms. The van der Waals surface area contributed by atoms with Crippen LogP contribution in [0.25, 0.3) is 5.69 Å². The van der Waals surface area contributed by atoms with Gasteiger partial charge in [-0.25, -0.2) is 4.98 Å². The lowest BCUT2D eigenvalue weighted by molar-refractivity contribution is -0.118. The molecule has 19 heavy (non-hydrogen) atoms. The van der Waals surface area contributed by atoms with Crippen molar-refractivity contribution in [3.8, 4) is 5.69 Å². The molecule has 100 valence electrons. The zero-order valence-electron chi connectivity index (χ0n) is 10.5. The number of hydrogen-bond donors (Lipinski definition) is 1. The molecule has 2 rings (SSSR count). The van der Waals surface area contributed by atoms with Crippen molar-refractivity contribution in [1.29, 1.82) is 0 Å². The molecule has 0 aliphatic heterocycles. The monoisotopic (exact) mass is 295 g/mol. The lowest BCUT2D eigenvalue weighted by Gasteiger charge is -2.07. The number of hydrogen-bond acceptors (Lipinski definition) is 3. The van der Waals surface area contributed by atoms with Crippen molar-refractivity contribution in [2.75, 3.05) is 12.3 Å². The van der Waals surface area contributed by atoms with E-state index in [1.54, 1.807) is 6.20 Å². The minimum Gasteiger partial charge on any atom is -0.356 e. The Morgan fingerprint density at radius 3 is 3.11 bits per heavy atom. The summed E-state index contributed by atoms with van der Waals surface area (Å²) >= 11 is 7.38. The lowest BCUT2D eigenvalue weighted by Crippen LogP contribution is -2.24. The maximum atomic E-state index is 11.5. The number of carbonyl (C=O) groups excluding carboxylic acids is 1. The zero-order chi connectivity index (χ0) is 13.7.